The van der Waals surface area contributed by atoms with Crippen molar-refractivity contribution in [3.05, 3.63) is 45.5 Å². The first-order valence-electron chi connectivity index (χ1n) is 9.52. The van der Waals surface area contributed by atoms with E-state index in [-0.39, 0.29) is 18.5 Å². The van der Waals surface area contributed by atoms with Gasteiger partial charge in [0.2, 0.25) is 5.91 Å². The quantitative estimate of drug-likeness (QED) is 0.798. The lowest BCUT2D eigenvalue weighted by atomic mass is 9.90. The lowest BCUT2D eigenvalue weighted by molar-refractivity contribution is -0.135. The first-order chi connectivity index (χ1) is 12.5. The summed E-state index contributed by atoms with van der Waals surface area (Å²) in [4.78, 5) is 15.2. The van der Waals surface area contributed by atoms with Crippen LogP contribution in [0.25, 0.3) is 0 Å². The summed E-state index contributed by atoms with van der Waals surface area (Å²) in [5.74, 6) is 0.997. The van der Waals surface area contributed by atoms with Crippen molar-refractivity contribution in [2.24, 2.45) is 0 Å². The predicted octanol–water partition coefficient (Wildman–Crippen LogP) is 4.26. The van der Waals surface area contributed by atoms with Gasteiger partial charge in [0.05, 0.1) is 6.04 Å². The Morgan fingerprint density at radius 1 is 1.35 bits per heavy atom. The van der Waals surface area contributed by atoms with Crippen molar-refractivity contribution in [3.63, 3.8) is 0 Å². The lowest BCUT2D eigenvalue weighted by Crippen LogP contribution is -2.40. The number of H-pyrrole nitrogens is 1. The minimum absolute atomic E-state index is 0.130. The van der Waals surface area contributed by atoms with E-state index in [0.717, 1.165) is 44.5 Å². The standard InChI is InChI=1S/C20H28N4OS/c1-4-8-18-21-22-20(26)24(18)13-19(25)23-12-6-5-11-17(23)16-10-7-9-14(2)15(16)3/h7,9-10,17H,4-6,8,11-13H2,1-3H3,(H,22,26)/t17-/m1/s1. The molecular formula is C20H28N4OS. The van der Waals surface area contributed by atoms with E-state index in [4.69, 9.17) is 12.2 Å². The van der Waals surface area contributed by atoms with Crippen molar-refractivity contribution in [2.45, 2.75) is 65.5 Å². The third kappa shape index (κ3) is 3.75. The Kier molecular flexibility index (Phi) is 5.91. The third-order valence-corrected chi connectivity index (χ3v) is 5.74. The van der Waals surface area contributed by atoms with Gasteiger partial charge in [-0.2, -0.15) is 5.10 Å². The van der Waals surface area contributed by atoms with Crippen LogP contribution in [0.15, 0.2) is 18.2 Å². The fourth-order valence-electron chi connectivity index (χ4n) is 3.84. The second kappa shape index (κ2) is 8.16. The Labute approximate surface area is 160 Å². The number of amides is 1. The molecule has 140 valence electrons. The zero-order valence-electron chi connectivity index (χ0n) is 15.9. The van der Waals surface area contributed by atoms with Gasteiger partial charge < -0.3 is 4.90 Å². The molecule has 26 heavy (non-hydrogen) atoms. The summed E-state index contributed by atoms with van der Waals surface area (Å²) < 4.78 is 2.39. The zero-order valence-corrected chi connectivity index (χ0v) is 16.7. The number of likely N-dealkylation sites (tertiary alicyclic amines) is 1. The summed E-state index contributed by atoms with van der Waals surface area (Å²) in [5, 5.41) is 7.12. The number of carbonyl (C=O) groups excluding carboxylic acids is 1. The highest BCUT2D eigenvalue weighted by Gasteiger charge is 2.29. The average molecular weight is 373 g/mol. The number of carbonyl (C=O) groups is 1. The Bertz CT molecular complexity index is 839. The van der Waals surface area contributed by atoms with E-state index in [1.807, 2.05) is 4.57 Å². The number of aromatic amines is 1. The van der Waals surface area contributed by atoms with E-state index < -0.39 is 0 Å². The molecule has 0 aliphatic carbocycles. The summed E-state index contributed by atoms with van der Waals surface area (Å²) in [6.07, 6.45) is 5.04. The number of nitrogens with zero attached hydrogens (tertiary/aromatic N) is 3. The lowest BCUT2D eigenvalue weighted by Gasteiger charge is -2.37. The molecule has 1 N–H and O–H groups in total. The Morgan fingerprint density at radius 2 is 2.15 bits per heavy atom. The molecule has 1 amide bonds. The highest BCUT2D eigenvalue weighted by atomic mass is 32.1. The van der Waals surface area contributed by atoms with Crippen LogP contribution in [0.2, 0.25) is 0 Å². The van der Waals surface area contributed by atoms with E-state index in [1.165, 1.54) is 16.7 Å². The molecule has 1 aromatic heterocycles. The fourth-order valence-corrected chi connectivity index (χ4v) is 4.06. The molecule has 0 bridgehead atoms. The second-order valence-electron chi connectivity index (χ2n) is 7.17. The summed E-state index contributed by atoms with van der Waals surface area (Å²) in [5.41, 5.74) is 3.86. The number of benzene rings is 1. The smallest absolute Gasteiger partial charge is 0.243 e. The molecule has 1 aromatic carbocycles. The minimum atomic E-state index is 0.130. The van der Waals surface area contributed by atoms with E-state index in [9.17, 15) is 4.79 Å². The number of hydrogen-bond acceptors (Lipinski definition) is 3. The van der Waals surface area contributed by atoms with Gasteiger partial charge in [0, 0.05) is 13.0 Å². The normalized spacial score (nSPS) is 17.5. The van der Waals surface area contributed by atoms with Crippen LogP contribution in [0.1, 0.15) is 61.2 Å². The van der Waals surface area contributed by atoms with Gasteiger partial charge in [0.1, 0.15) is 12.4 Å². The van der Waals surface area contributed by atoms with Crippen LogP contribution in [0, 0.1) is 18.6 Å². The number of piperidine rings is 1. The molecule has 3 rings (SSSR count). The fraction of sp³-hybridized carbons (Fsp3) is 0.550. The van der Waals surface area contributed by atoms with Gasteiger partial charge in [0.15, 0.2) is 4.77 Å². The van der Waals surface area contributed by atoms with Crippen molar-refractivity contribution in [1.82, 2.24) is 19.7 Å². The second-order valence-corrected chi connectivity index (χ2v) is 7.56. The highest BCUT2D eigenvalue weighted by molar-refractivity contribution is 7.71. The van der Waals surface area contributed by atoms with E-state index >= 15 is 0 Å². The highest BCUT2D eigenvalue weighted by Crippen LogP contribution is 2.33. The Morgan fingerprint density at radius 3 is 2.92 bits per heavy atom. The van der Waals surface area contributed by atoms with Gasteiger partial charge >= 0.3 is 0 Å². The molecule has 2 heterocycles. The van der Waals surface area contributed by atoms with Gasteiger partial charge in [-0.15, -0.1) is 0 Å². The number of rotatable bonds is 5. The summed E-state index contributed by atoms with van der Waals surface area (Å²) in [7, 11) is 0. The number of aromatic nitrogens is 3. The van der Waals surface area contributed by atoms with Crippen LogP contribution in [0.4, 0.5) is 0 Å². The molecular weight excluding hydrogens is 344 g/mol. The topological polar surface area (TPSA) is 53.9 Å². The number of aryl methyl sites for hydroxylation is 2. The van der Waals surface area contributed by atoms with Gasteiger partial charge in [-0.25, -0.2) is 0 Å². The summed E-state index contributed by atoms with van der Waals surface area (Å²) >= 11 is 5.34. The molecule has 1 aliphatic rings. The average Bonchev–Trinajstić information content (AvgIpc) is 2.98. The molecule has 2 aromatic rings. The Hall–Kier alpha value is -1.95. The van der Waals surface area contributed by atoms with E-state index in [2.05, 4.69) is 54.1 Å². The first kappa shape index (κ1) is 18.8. The maximum absolute atomic E-state index is 13.2. The van der Waals surface area contributed by atoms with Gasteiger partial charge in [0.25, 0.3) is 0 Å². The molecule has 5 nitrogen and oxygen atoms in total. The van der Waals surface area contributed by atoms with Crippen molar-refractivity contribution < 1.29 is 4.79 Å². The largest absolute Gasteiger partial charge is 0.334 e. The predicted molar refractivity (Wildman–Crippen MR) is 106 cm³/mol. The maximum atomic E-state index is 13.2. The maximum Gasteiger partial charge on any atom is 0.243 e. The van der Waals surface area contributed by atoms with E-state index in [0.29, 0.717) is 4.77 Å². The van der Waals surface area contributed by atoms with Crippen molar-refractivity contribution in [2.75, 3.05) is 6.54 Å². The van der Waals surface area contributed by atoms with Gasteiger partial charge in [-0.05, 0) is 68.4 Å². The SMILES string of the molecule is CCCc1n[nH]c(=S)n1CC(=O)N1CCCC[C@@H]1c1cccc(C)c1C. The van der Waals surface area contributed by atoms with Crippen LogP contribution in [0.5, 0.6) is 0 Å². The summed E-state index contributed by atoms with van der Waals surface area (Å²) in [6.45, 7) is 7.48. The first-order valence-corrected chi connectivity index (χ1v) is 9.93. The molecule has 0 unspecified atom stereocenters. The molecule has 1 atom stereocenters. The Balaban J connectivity index is 1.86. The number of hydrogen-bond donors (Lipinski definition) is 1. The molecule has 6 heteroatoms. The van der Waals surface area contributed by atoms with Crippen LogP contribution >= 0.6 is 12.2 Å². The van der Waals surface area contributed by atoms with Gasteiger partial charge in [-0.1, -0.05) is 25.1 Å². The molecule has 1 fully saturated rings. The molecule has 0 radical (unpaired) electrons. The van der Waals surface area contributed by atoms with Crippen LogP contribution < -0.4 is 0 Å². The molecule has 0 saturated carbocycles. The van der Waals surface area contributed by atoms with Crippen molar-refractivity contribution in [3.8, 4) is 0 Å². The molecule has 1 aliphatic heterocycles. The van der Waals surface area contributed by atoms with Crippen LogP contribution in [0.3, 0.4) is 0 Å². The van der Waals surface area contributed by atoms with Crippen LogP contribution in [-0.4, -0.2) is 32.1 Å². The summed E-state index contributed by atoms with van der Waals surface area (Å²) in [6, 6.07) is 6.56. The van der Waals surface area contributed by atoms with Gasteiger partial charge in [-0.3, -0.25) is 14.5 Å². The minimum Gasteiger partial charge on any atom is -0.334 e. The number of nitrogens with one attached hydrogen (secondary N) is 1. The van der Waals surface area contributed by atoms with Crippen molar-refractivity contribution >= 4 is 18.1 Å². The van der Waals surface area contributed by atoms with Crippen molar-refractivity contribution in [1.29, 1.82) is 0 Å². The molecule has 1 saturated heterocycles. The molecule has 0 spiro atoms. The third-order valence-electron chi connectivity index (χ3n) is 5.43. The van der Waals surface area contributed by atoms with E-state index in [1.54, 1.807) is 0 Å². The van der Waals surface area contributed by atoms with Crippen LogP contribution in [-0.2, 0) is 17.8 Å². The monoisotopic (exact) mass is 372 g/mol. The zero-order chi connectivity index (χ0) is 18.7.